The van der Waals surface area contributed by atoms with Gasteiger partial charge in [-0.3, -0.25) is 4.79 Å². The van der Waals surface area contributed by atoms with E-state index in [-0.39, 0.29) is 11.7 Å². The van der Waals surface area contributed by atoms with Crippen LogP contribution in [0.25, 0.3) is 11.4 Å². The largest absolute Gasteiger partial charge is 0.305 e. The fourth-order valence-electron chi connectivity index (χ4n) is 2.59. The first kappa shape index (κ1) is 20.1. The zero-order valence-electron chi connectivity index (χ0n) is 15.6. The third-order valence-electron chi connectivity index (χ3n) is 4.01. The van der Waals surface area contributed by atoms with Gasteiger partial charge in [0.25, 0.3) is 5.91 Å². The molecule has 1 aromatic heterocycles. The van der Waals surface area contributed by atoms with Crippen LogP contribution in [-0.4, -0.2) is 32.1 Å². The van der Waals surface area contributed by atoms with Crippen molar-refractivity contribution in [1.82, 2.24) is 20.2 Å². The van der Waals surface area contributed by atoms with E-state index in [1.54, 1.807) is 0 Å². The van der Waals surface area contributed by atoms with E-state index in [9.17, 15) is 4.79 Å². The van der Waals surface area contributed by atoms with E-state index in [0.29, 0.717) is 16.0 Å². The second-order valence-corrected chi connectivity index (χ2v) is 7.36. The Morgan fingerprint density at radius 1 is 1.18 bits per heavy atom. The third kappa shape index (κ3) is 4.99. The summed E-state index contributed by atoms with van der Waals surface area (Å²) in [4.78, 5) is 12.2. The number of aromatic nitrogens is 3. The fraction of sp³-hybridized carbons (Fsp3) is 0.200. The van der Waals surface area contributed by atoms with Gasteiger partial charge in [-0.1, -0.05) is 72.8 Å². The lowest BCUT2D eigenvalue weighted by Crippen LogP contribution is -2.22. The average molecular weight is 414 g/mol. The number of halogens is 1. The van der Waals surface area contributed by atoms with Gasteiger partial charge in [-0.25, -0.2) is 5.43 Å². The van der Waals surface area contributed by atoms with Crippen molar-refractivity contribution in [3.63, 3.8) is 0 Å². The average Bonchev–Trinajstić information content (AvgIpc) is 3.08. The van der Waals surface area contributed by atoms with Crippen molar-refractivity contribution in [2.45, 2.75) is 18.5 Å². The van der Waals surface area contributed by atoms with Gasteiger partial charge >= 0.3 is 0 Å². The van der Waals surface area contributed by atoms with Gasteiger partial charge in [-0.05, 0) is 24.1 Å². The molecule has 2 aromatic carbocycles. The third-order valence-corrected chi connectivity index (χ3v) is 5.26. The van der Waals surface area contributed by atoms with Crippen LogP contribution in [0.1, 0.15) is 18.9 Å². The van der Waals surface area contributed by atoms with E-state index < -0.39 is 0 Å². The van der Waals surface area contributed by atoms with Crippen molar-refractivity contribution in [2.24, 2.45) is 12.1 Å². The Balaban J connectivity index is 1.61. The monoisotopic (exact) mass is 413 g/mol. The molecule has 0 unspecified atom stereocenters. The maximum Gasteiger partial charge on any atom is 0.250 e. The predicted octanol–water partition coefficient (Wildman–Crippen LogP) is 4.16. The van der Waals surface area contributed by atoms with E-state index in [1.807, 2.05) is 73.1 Å². The molecule has 0 bridgehead atoms. The molecule has 0 saturated carbocycles. The van der Waals surface area contributed by atoms with Gasteiger partial charge in [-0.2, -0.15) is 5.10 Å². The maximum absolute atomic E-state index is 12.2. The summed E-state index contributed by atoms with van der Waals surface area (Å²) in [6, 6.07) is 17.2. The summed E-state index contributed by atoms with van der Waals surface area (Å²) < 4.78 is 1.84. The van der Waals surface area contributed by atoms with Crippen LogP contribution < -0.4 is 5.43 Å². The smallest absolute Gasteiger partial charge is 0.250 e. The molecule has 1 N–H and O–H groups in total. The molecule has 0 aliphatic rings. The molecule has 6 nitrogen and oxygen atoms in total. The number of carbonyl (C=O) groups is 1. The number of amides is 1. The lowest BCUT2D eigenvalue weighted by atomic mass is 10.1. The highest BCUT2D eigenvalue weighted by atomic mass is 35.5. The molecular formula is C20H20ClN5OS. The Labute approximate surface area is 173 Å². The van der Waals surface area contributed by atoms with Gasteiger partial charge in [0, 0.05) is 17.6 Å². The number of hydrogen-bond acceptors (Lipinski definition) is 5. The van der Waals surface area contributed by atoms with Gasteiger partial charge in [0.2, 0.25) is 0 Å². The molecular weight excluding hydrogens is 394 g/mol. The highest BCUT2D eigenvalue weighted by Crippen LogP contribution is 2.24. The minimum absolute atomic E-state index is 0.191. The SMILES string of the molecule is CCC(=NNC(=O)CSc1nnc(-c2cccc(Cl)c2)n1C)c1ccccc1. The molecule has 0 saturated heterocycles. The quantitative estimate of drug-likeness (QED) is 0.358. The first-order valence-electron chi connectivity index (χ1n) is 8.77. The van der Waals surface area contributed by atoms with E-state index >= 15 is 0 Å². The number of nitrogens with one attached hydrogen (secondary N) is 1. The van der Waals surface area contributed by atoms with Crippen LogP contribution in [-0.2, 0) is 11.8 Å². The van der Waals surface area contributed by atoms with Crippen LogP contribution >= 0.6 is 23.4 Å². The fourth-order valence-corrected chi connectivity index (χ4v) is 3.48. The highest BCUT2D eigenvalue weighted by Gasteiger charge is 2.13. The summed E-state index contributed by atoms with van der Waals surface area (Å²) in [5.74, 6) is 0.691. The van der Waals surface area contributed by atoms with Crippen molar-refractivity contribution in [2.75, 3.05) is 5.75 Å². The lowest BCUT2D eigenvalue weighted by Gasteiger charge is -2.06. The number of thioether (sulfide) groups is 1. The summed E-state index contributed by atoms with van der Waals surface area (Å²) in [6.07, 6.45) is 0.726. The molecule has 28 heavy (non-hydrogen) atoms. The first-order chi connectivity index (χ1) is 13.6. The Kier molecular flexibility index (Phi) is 6.84. The minimum atomic E-state index is -0.195. The summed E-state index contributed by atoms with van der Waals surface area (Å²) in [5, 5.41) is 13.9. The highest BCUT2D eigenvalue weighted by molar-refractivity contribution is 7.99. The zero-order valence-corrected chi connectivity index (χ0v) is 17.2. The van der Waals surface area contributed by atoms with E-state index in [2.05, 4.69) is 20.7 Å². The topological polar surface area (TPSA) is 72.2 Å². The number of hydrazone groups is 1. The lowest BCUT2D eigenvalue weighted by molar-refractivity contribution is -0.118. The van der Waals surface area contributed by atoms with E-state index in [1.165, 1.54) is 11.8 Å². The van der Waals surface area contributed by atoms with Crippen LogP contribution in [0.5, 0.6) is 0 Å². The summed E-state index contributed by atoms with van der Waals surface area (Å²) in [5.41, 5.74) is 5.33. The molecule has 0 aliphatic carbocycles. The molecule has 0 spiro atoms. The minimum Gasteiger partial charge on any atom is -0.305 e. The van der Waals surface area contributed by atoms with Crippen LogP contribution in [0.15, 0.2) is 64.9 Å². The van der Waals surface area contributed by atoms with Crippen molar-refractivity contribution in [3.8, 4) is 11.4 Å². The maximum atomic E-state index is 12.2. The van der Waals surface area contributed by atoms with Gasteiger partial charge < -0.3 is 4.57 Å². The summed E-state index contributed by atoms with van der Waals surface area (Å²) in [6.45, 7) is 2.00. The molecule has 3 aromatic rings. The number of benzene rings is 2. The Morgan fingerprint density at radius 3 is 2.68 bits per heavy atom. The normalized spacial score (nSPS) is 11.5. The molecule has 0 radical (unpaired) electrons. The number of hydrogen-bond donors (Lipinski definition) is 1. The second kappa shape index (κ2) is 9.52. The molecule has 144 valence electrons. The van der Waals surface area contributed by atoms with Crippen LogP contribution in [0.2, 0.25) is 5.02 Å². The van der Waals surface area contributed by atoms with Gasteiger partial charge in [0.1, 0.15) is 0 Å². The molecule has 0 fully saturated rings. The Bertz CT molecular complexity index is 987. The number of carbonyl (C=O) groups excluding carboxylic acids is 1. The van der Waals surface area contributed by atoms with Crippen LogP contribution in [0, 0.1) is 0 Å². The Hall–Kier alpha value is -2.64. The first-order valence-corrected chi connectivity index (χ1v) is 10.1. The van der Waals surface area contributed by atoms with Crippen molar-refractivity contribution in [1.29, 1.82) is 0 Å². The molecule has 3 rings (SSSR count). The molecule has 8 heteroatoms. The van der Waals surface area contributed by atoms with Crippen molar-refractivity contribution < 1.29 is 4.79 Å². The molecule has 1 heterocycles. The zero-order chi connectivity index (χ0) is 19.9. The van der Waals surface area contributed by atoms with Gasteiger partial charge in [0.15, 0.2) is 11.0 Å². The molecule has 0 aliphatic heterocycles. The number of nitrogens with zero attached hydrogens (tertiary/aromatic N) is 4. The summed E-state index contributed by atoms with van der Waals surface area (Å²) in [7, 11) is 1.86. The van der Waals surface area contributed by atoms with Crippen LogP contribution in [0.4, 0.5) is 0 Å². The van der Waals surface area contributed by atoms with Crippen molar-refractivity contribution in [3.05, 3.63) is 65.2 Å². The summed E-state index contributed by atoms with van der Waals surface area (Å²) >= 11 is 7.35. The second-order valence-electron chi connectivity index (χ2n) is 5.98. The van der Waals surface area contributed by atoms with Crippen LogP contribution in [0.3, 0.4) is 0 Å². The predicted molar refractivity (Wildman–Crippen MR) is 114 cm³/mol. The van der Waals surface area contributed by atoms with E-state index in [0.717, 1.165) is 23.3 Å². The number of rotatable bonds is 7. The van der Waals surface area contributed by atoms with Gasteiger partial charge in [0.05, 0.1) is 11.5 Å². The molecule has 1 amide bonds. The van der Waals surface area contributed by atoms with Gasteiger partial charge in [-0.15, -0.1) is 10.2 Å². The van der Waals surface area contributed by atoms with Crippen molar-refractivity contribution >= 4 is 35.0 Å². The van der Waals surface area contributed by atoms with E-state index in [4.69, 9.17) is 11.6 Å². The standard InChI is InChI=1S/C20H20ClN5OS/c1-3-17(14-8-5-4-6-9-14)22-23-18(27)13-28-20-25-24-19(26(20)2)15-10-7-11-16(21)12-15/h4-12H,3,13H2,1-2H3,(H,23,27). The Morgan fingerprint density at radius 2 is 1.96 bits per heavy atom. The molecule has 0 atom stereocenters.